The van der Waals surface area contributed by atoms with Crippen LogP contribution in [0, 0.1) is 11.3 Å². The van der Waals surface area contributed by atoms with E-state index in [-0.39, 0.29) is 29.9 Å². The first-order valence-corrected chi connectivity index (χ1v) is 15.6. The van der Waals surface area contributed by atoms with Crippen LogP contribution >= 0.6 is 23.2 Å². The summed E-state index contributed by atoms with van der Waals surface area (Å²) < 4.78 is 26.5. The molecule has 2 aromatic rings. The van der Waals surface area contributed by atoms with E-state index >= 15 is 0 Å². The van der Waals surface area contributed by atoms with Crippen molar-refractivity contribution >= 4 is 44.9 Å². The molecular weight excluding hydrogens is 545 g/mol. The van der Waals surface area contributed by atoms with Gasteiger partial charge >= 0.3 is 5.97 Å². The summed E-state index contributed by atoms with van der Waals surface area (Å²) in [5.41, 5.74) is 0.552. The third kappa shape index (κ3) is 5.90. The maximum Gasteiger partial charge on any atom is 0.304 e. The van der Waals surface area contributed by atoms with Crippen molar-refractivity contribution in [3.05, 3.63) is 69.7 Å². The lowest BCUT2D eigenvalue weighted by Gasteiger charge is -2.53. The molecule has 1 aliphatic carbocycles. The molecule has 1 amide bonds. The molecule has 206 valence electrons. The molecule has 0 radical (unpaired) electrons. The molecule has 4 rings (SSSR count). The second kappa shape index (κ2) is 11.2. The zero-order chi connectivity index (χ0) is 27.8. The zero-order valence-corrected chi connectivity index (χ0v) is 24.3. The van der Waals surface area contributed by atoms with Crippen LogP contribution in [-0.4, -0.2) is 47.3 Å². The smallest absolute Gasteiger partial charge is 0.304 e. The third-order valence-corrected chi connectivity index (χ3v) is 11.0. The van der Waals surface area contributed by atoms with Crippen LogP contribution in [0.25, 0.3) is 0 Å². The Kier molecular flexibility index (Phi) is 8.51. The van der Waals surface area contributed by atoms with Gasteiger partial charge in [-0.25, -0.2) is 8.42 Å². The van der Waals surface area contributed by atoms with E-state index < -0.39 is 38.6 Å². The number of hydrogen-bond acceptors (Lipinski definition) is 4. The largest absolute Gasteiger partial charge is 0.481 e. The molecule has 2 aromatic carbocycles. The van der Waals surface area contributed by atoms with Crippen LogP contribution in [0.4, 0.5) is 0 Å². The van der Waals surface area contributed by atoms with Crippen LogP contribution in [0.15, 0.2) is 48.5 Å². The van der Waals surface area contributed by atoms with Crippen LogP contribution < -0.4 is 0 Å². The van der Waals surface area contributed by atoms with E-state index in [4.69, 9.17) is 23.2 Å². The summed E-state index contributed by atoms with van der Waals surface area (Å²) in [6, 6.07) is 13.7. The number of halogens is 2. The van der Waals surface area contributed by atoms with Gasteiger partial charge in [-0.3, -0.25) is 9.59 Å². The van der Waals surface area contributed by atoms with E-state index in [1.165, 1.54) is 0 Å². The van der Waals surface area contributed by atoms with E-state index in [1.54, 1.807) is 36.9 Å². The molecule has 0 spiro atoms. The number of amides is 1. The predicted molar refractivity (Wildman–Crippen MR) is 150 cm³/mol. The average Bonchev–Trinajstić information content (AvgIpc) is 3.69. The fourth-order valence-electron chi connectivity index (χ4n) is 5.87. The van der Waals surface area contributed by atoms with Crippen molar-refractivity contribution in [2.75, 3.05) is 5.75 Å². The van der Waals surface area contributed by atoms with Gasteiger partial charge in [0.05, 0.1) is 28.9 Å². The first-order valence-electron chi connectivity index (χ1n) is 13.2. The standard InChI is InChI=1S/C29H35Cl2NO5S/c1-4-29(16-26(33)34)15-24(21-6-5-7-23(31)14-21)27(20-10-12-22(30)13-11-20)32(28(29)35)25(19-8-9-19)17-38(36,37)18(2)3/h5-7,10-14,18-19,24-25,27H,4,8-9,15-17H2,1-3H3,(H,33,34)/t24?,25-,27-,29-/m1/s1. The van der Waals surface area contributed by atoms with Crippen molar-refractivity contribution < 1.29 is 23.1 Å². The maximum absolute atomic E-state index is 14.6. The first-order chi connectivity index (χ1) is 17.9. The van der Waals surface area contributed by atoms with Gasteiger partial charge < -0.3 is 10.0 Å². The van der Waals surface area contributed by atoms with Gasteiger partial charge in [0.15, 0.2) is 9.84 Å². The van der Waals surface area contributed by atoms with Crippen LogP contribution in [0.5, 0.6) is 0 Å². The van der Waals surface area contributed by atoms with Crippen molar-refractivity contribution in [3.8, 4) is 0 Å². The lowest BCUT2D eigenvalue weighted by Crippen LogP contribution is -2.59. The summed E-state index contributed by atoms with van der Waals surface area (Å²) in [6.45, 7) is 5.15. The van der Waals surface area contributed by atoms with Gasteiger partial charge in [0, 0.05) is 22.0 Å². The summed E-state index contributed by atoms with van der Waals surface area (Å²) in [5, 5.41) is 10.4. The molecular formula is C29H35Cl2NO5S. The summed E-state index contributed by atoms with van der Waals surface area (Å²) >= 11 is 12.6. The maximum atomic E-state index is 14.6. The lowest BCUT2D eigenvalue weighted by atomic mass is 9.65. The van der Waals surface area contributed by atoms with Gasteiger partial charge in [-0.15, -0.1) is 0 Å². The molecule has 38 heavy (non-hydrogen) atoms. The Labute approximate surface area is 235 Å². The Morgan fingerprint density at radius 3 is 2.26 bits per heavy atom. The summed E-state index contributed by atoms with van der Waals surface area (Å²) in [5.74, 6) is -1.74. The molecule has 1 aliphatic heterocycles. The zero-order valence-electron chi connectivity index (χ0n) is 21.9. The van der Waals surface area contributed by atoms with Crippen LogP contribution in [0.1, 0.15) is 76.0 Å². The van der Waals surface area contributed by atoms with Crippen LogP contribution in [-0.2, 0) is 19.4 Å². The number of hydrogen-bond donors (Lipinski definition) is 1. The number of carboxylic acid groups (broad SMARTS) is 1. The van der Waals surface area contributed by atoms with E-state index in [2.05, 4.69) is 0 Å². The topological polar surface area (TPSA) is 91.8 Å². The Balaban J connectivity index is 1.96. The predicted octanol–water partition coefficient (Wildman–Crippen LogP) is 6.52. The second-order valence-corrected chi connectivity index (χ2v) is 14.5. The number of carbonyl (C=O) groups excluding carboxylic acids is 1. The summed E-state index contributed by atoms with van der Waals surface area (Å²) in [7, 11) is -3.50. The fourth-order valence-corrected chi connectivity index (χ4v) is 7.49. The summed E-state index contributed by atoms with van der Waals surface area (Å²) in [4.78, 5) is 28.4. The van der Waals surface area contributed by atoms with Crippen molar-refractivity contribution in [1.29, 1.82) is 0 Å². The number of carboxylic acids is 1. The third-order valence-electron chi connectivity index (χ3n) is 8.28. The van der Waals surface area contributed by atoms with Gasteiger partial charge in [-0.2, -0.15) is 0 Å². The van der Waals surface area contributed by atoms with Crippen molar-refractivity contribution in [1.82, 2.24) is 4.90 Å². The number of nitrogens with zero attached hydrogens (tertiary/aromatic N) is 1. The molecule has 0 aromatic heterocycles. The van der Waals surface area contributed by atoms with Crippen molar-refractivity contribution in [3.63, 3.8) is 0 Å². The monoisotopic (exact) mass is 579 g/mol. The SMILES string of the molecule is CC[C@]1(CC(=O)O)CC(c2cccc(Cl)c2)[C@@H](c2ccc(Cl)cc2)N([C@H](CS(=O)(=O)C(C)C)C2CC2)C1=O. The minimum atomic E-state index is -3.50. The highest BCUT2D eigenvalue weighted by Gasteiger charge is 2.56. The van der Waals surface area contributed by atoms with Gasteiger partial charge in [0.25, 0.3) is 0 Å². The second-order valence-electron chi connectivity index (χ2n) is 11.1. The van der Waals surface area contributed by atoms with Crippen molar-refractivity contribution in [2.24, 2.45) is 11.3 Å². The fraction of sp³-hybridized carbons (Fsp3) is 0.517. The first kappa shape index (κ1) is 28.9. The minimum Gasteiger partial charge on any atom is -0.481 e. The molecule has 1 saturated heterocycles. The number of sulfone groups is 1. The number of benzene rings is 2. The molecule has 9 heteroatoms. The molecule has 1 N–H and O–H groups in total. The molecule has 0 bridgehead atoms. The number of carbonyl (C=O) groups is 2. The van der Waals surface area contributed by atoms with E-state index in [0.29, 0.717) is 22.9 Å². The normalized spacial score (nSPS) is 25.0. The summed E-state index contributed by atoms with van der Waals surface area (Å²) in [6.07, 6.45) is 1.97. The Hall–Kier alpha value is -2.09. The molecule has 2 fully saturated rings. The average molecular weight is 581 g/mol. The number of aliphatic carboxylic acids is 1. The van der Waals surface area contributed by atoms with Crippen LogP contribution in [0.2, 0.25) is 10.0 Å². The van der Waals surface area contributed by atoms with E-state index in [9.17, 15) is 23.1 Å². The highest BCUT2D eigenvalue weighted by molar-refractivity contribution is 7.92. The van der Waals surface area contributed by atoms with Crippen LogP contribution in [0.3, 0.4) is 0 Å². The number of piperidine rings is 1. The van der Waals surface area contributed by atoms with Gasteiger partial charge in [-0.1, -0.05) is 54.4 Å². The van der Waals surface area contributed by atoms with Crippen molar-refractivity contribution in [2.45, 2.75) is 76.1 Å². The molecule has 2 aliphatic rings. The number of rotatable bonds is 10. The molecule has 4 atom stereocenters. The Morgan fingerprint density at radius 1 is 1.08 bits per heavy atom. The van der Waals surface area contributed by atoms with Gasteiger partial charge in [-0.05, 0) is 80.8 Å². The highest BCUT2D eigenvalue weighted by Crippen LogP contribution is 2.55. The van der Waals surface area contributed by atoms with E-state index in [0.717, 1.165) is 24.0 Å². The highest BCUT2D eigenvalue weighted by atomic mass is 35.5. The lowest BCUT2D eigenvalue weighted by molar-refractivity contribution is -0.162. The molecule has 6 nitrogen and oxygen atoms in total. The molecule has 1 saturated carbocycles. The van der Waals surface area contributed by atoms with Gasteiger partial charge in [0.1, 0.15) is 0 Å². The van der Waals surface area contributed by atoms with E-state index in [1.807, 2.05) is 37.3 Å². The molecule has 1 unspecified atom stereocenters. The Morgan fingerprint density at radius 2 is 1.74 bits per heavy atom. The number of likely N-dealkylation sites (tertiary alicyclic amines) is 1. The Bertz CT molecular complexity index is 1290. The molecule has 1 heterocycles. The minimum absolute atomic E-state index is 0.0415. The quantitative estimate of drug-likeness (QED) is 0.345. The van der Waals surface area contributed by atoms with Gasteiger partial charge in [0.2, 0.25) is 5.91 Å².